The standard InChI is InChI=1S/C12H18N4OS/c1-9-4-5-10-14-11(15-16(10)6-9)13-7-12(2,17)8-18-3/h4-6,17H,7-8H2,1-3H3,(H,13,15). The molecule has 0 amide bonds. The van der Waals surface area contributed by atoms with Crippen LogP contribution in [-0.4, -0.2) is 43.9 Å². The van der Waals surface area contributed by atoms with E-state index in [-0.39, 0.29) is 0 Å². The predicted molar refractivity (Wildman–Crippen MR) is 75.2 cm³/mol. The van der Waals surface area contributed by atoms with Gasteiger partial charge in [0.05, 0.1) is 5.60 Å². The van der Waals surface area contributed by atoms with Gasteiger partial charge in [-0.25, -0.2) is 4.52 Å². The molecular formula is C12H18N4OS. The zero-order chi connectivity index (χ0) is 13.2. The van der Waals surface area contributed by atoms with Crippen LogP contribution in [0.3, 0.4) is 0 Å². The second-order valence-corrected chi connectivity index (χ2v) is 5.59. The van der Waals surface area contributed by atoms with Crippen molar-refractivity contribution in [1.29, 1.82) is 0 Å². The summed E-state index contributed by atoms with van der Waals surface area (Å²) < 4.78 is 1.74. The number of nitrogens with one attached hydrogen (secondary N) is 1. The summed E-state index contributed by atoms with van der Waals surface area (Å²) in [5, 5.41) is 17.4. The van der Waals surface area contributed by atoms with Crippen LogP contribution in [-0.2, 0) is 0 Å². The number of hydrogen-bond donors (Lipinski definition) is 2. The summed E-state index contributed by atoms with van der Waals surface area (Å²) in [6.45, 7) is 4.25. The number of aryl methyl sites for hydroxylation is 1. The largest absolute Gasteiger partial charge is 0.387 e. The highest BCUT2D eigenvalue weighted by atomic mass is 32.2. The van der Waals surface area contributed by atoms with Gasteiger partial charge in [0.1, 0.15) is 0 Å². The fourth-order valence-corrected chi connectivity index (χ4v) is 2.42. The first-order valence-corrected chi connectivity index (χ1v) is 7.18. The van der Waals surface area contributed by atoms with Gasteiger partial charge in [-0.2, -0.15) is 16.7 Å². The molecule has 0 aliphatic heterocycles. The molecule has 1 atom stereocenters. The minimum absolute atomic E-state index is 0.434. The van der Waals surface area contributed by atoms with Crippen LogP contribution in [0.5, 0.6) is 0 Å². The normalized spacial score (nSPS) is 14.7. The molecule has 18 heavy (non-hydrogen) atoms. The number of aliphatic hydroxyl groups is 1. The van der Waals surface area contributed by atoms with Gasteiger partial charge in [0, 0.05) is 18.5 Å². The molecule has 2 heterocycles. The maximum Gasteiger partial charge on any atom is 0.243 e. The minimum Gasteiger partial charge on any atom is -0.387 e. The molecule has 2 aromatic rings. The van der Waals surface area contributed by atoms with Gasteiger partial charge in [-0.3, -0.25) is 0 Å². The predicted octanol–water partition coefficient (Wildman–Crippen LogP) is 1.56. The molecule has 2 rings (SSSR count). The number of nitrogens with zero attached hydrogens (tertiary/aromatic N) is 3. The number of thioether (sulfide) groups is 1. The molecule has 1 unspecified atom stereocenters. The zero-order valence-electron chi connectivity index (χ0n) is 10.8. The average Bonchev–Trinajstić information content (AvgIpc) is 2.68. The Balaban J connectivity index is 2.08. The third-order valence-electron chi connectivity index (χ3n) is 2.56. The lowest BCUT2D eigenvalue weighted by Crippen LogP contribution is -2.36. The molecule has 0 radical (unpaired) electrons. The van der Waals surface area contributed by atoms with Crippen molar-refractivity contribution in [2.75, 3.05) is 23.9 Å². The second kappa shape index (κ2) is 5.16. The first kappa shape index (κ1) is 13.2. The second-order valence-electron chi connectivity index (χ2n) is 4.73. The molecule has 0 bridgehead atoms. The third-order valence-corrected chi connectivity index (χ3v) is 3.47. The molecule has 6 heteroatoms. The molecule has 0 spiro atoms. The van der Waals surface area contributed by atoms with E-state index in [0.717, 1.165) is 11.2 Å². The van der Waals surface area contributed by atoms with Crippen LogP contribution in [0, 0.1) is 6.92 Å². The van der Waals surface area contributed by atoms with Crippen LogP contribution in [0.4, 0.5) is 5.95 Å². The summed E-state index contributed by atoms with van der Waals surface area (Å²) in [5.41, 5.74) is 1.17. The van der Waals surface area contributed by atoms with E-state index in [1.165, 1.54) is 0 Å². The Hall–Kier alpha value is -1.27. The van der Waals surface area contributed by atoms with Crippen molar-refractivity contribution >= 4 is 23.4 Å². The molecule has 0 aliphatic carbocycles. The van der Waals surface area contributed by atoms with Crippen molar-refractivity contribution in [3.05, 3.63) is 23.9 Å². The summed E-state index contributed by atoms with van der Waals surface area (Å²) in [4.78, 5) is 4.34. The smallest absolute Gasteiger partial charge is 0.243 e. The van der Waals surface area contributed by atoms with Gasteiger partial charge in [-0.1, -0.05) is 6.07 Å². The Morgan fingerprint density at radius 1 is 1.50 bits per heavy atom. The van der Waals surface area contributed by atoms with E-state index in [0.29, 0.717) is 18.2 Å². The van der Waals surface area contributed by atoms with Gasteiger partial charge >= 0.3 is 0 Å². The van der Waals surface area contributed by atoms with Gasteiger partial charge in [0.25, 0.3) is 0 Å². The SMILES string of the molecule is CSCC(C)(O)CNc1nc2ccc(C)cn2n1. The lowest BCUT2D eigenvalue weighted by molar-refractivity contribution is 0.0995. The highest BCUT2D eigenvalue weighted by Crippen LogP contribution is 2.12. The van der Waals surface area contributed by atoms with E-state index >= 15 is 0 Å². The summed E-state index contributed by atoms with van der Waals surface area (Å²) in [6.07, 6.45) is 3.90. The van der Waals surface area contributed by atoms with Crippen molar-refractivity contribution in [3.8, 4) is 0 Å². The van der Waals surface area contributed by atoms with Crippen LogP contribution in [0.2, 0.25) is 0 Å². The van der Waals surface area contributed by atoms with E-state index in [1.54, 1.807) is 23.2 Å². The average molecular weight is 266 g/mol. The number of pyridine rings is 1. The molecule has 2 aromatic heterocycles. The van der Waals surface area contributed by atoms with Crippen LogP contribution < -0.4 is 5.32 Å². The van der Waals surface area contributed by atoms with Crippen molar-refractivity contribution in [2.45, 2.75) is 19.4 Å². The quantitative estimate of drug-likeness (QED) is 0.860. The topological polar surface area (TPSA) is 62.5 Å². The number of fused-ring (bicyclic) bond motifs is 1. The van der Waals surface area contributed by atoms with Gasteiger partial charge in [0.2, 0.25) is 5.95 Å². The number of rotatable bonds is 5. The highest BCUT2D eigenvalue weighted by molar-refractivity contribution is 7.98. The van der Waals surface area contributed by atoms with E-state index in [4.69, 9.17) is 0 Å². The Morgan fingerprint density at radius 2 is 2.28 bits per heavy atom. The monoisotopic (exact) mass is 266 g/mol. The molecule has 0 aromatic carbocycles. The number of anilines is 1. The van der Waals surface area contributed by atoms with Crippen molar-refractivity contribution in [3.63, 3.8) is 0 Å². The van der Waals surface area contributed by atoms with Gasteiger partial charge in [-0.15, -0.1) is 5.10 Å². The highest BCUT2D eigenvalue weighted by Gasteiger charge is 2.19. The Bertz CT molecular complexity index is 538. The first-order valence-electron chi connectivity index (χ1n) is 5.78. The molecular weight excluding hydrogens is 248 g/mol. The van der Waals surface area contributed by atoms with E-state index in [1.807, 2.05) is 31.5 Å². The summed E-state index contributed by atoms with van der Waals surface area (Å²) in [5.74, 6) is 1.22. The molecule has 0 saturated heterocycles. The molecule has 0 aliphatic rings. The Kier molecular flexibility index (Phi) is 3.77. The Labute approximate surface area is 111 Å². The maximum absolute atomic E-state index is 10.0. The summed E-state index contributed by atoms with van der Waals surface area (Å²) in [7, 11) is 0. The number of aromatic nitrogens is 3. The van der Waals surface area contributed by atoms with E-state index < -0.39 is 5.60 Å². The summed E-state index contributed by atoms with van der Waals surface area (Å²) >= 11 is 1.61. The fourth-order valence-electron chi connectivity index (χ4n) is 1.69. The first-order chi connectivity index (χ1) is 8.50. The molecule has 0 saturated carbocycles. The summed E-state index contributed by atoms with van der Waals surface area (Å²) in [6, 6.07) is 3.92. The van der Waals surface area contributed by atoms with Crippen LogP contribution in [0.1, 0.15) is 12.5 Å². The van der Waals surface area contributed by atoms with Crippen molar-refractivity contribution in [1.82, 2.24) is 14.6 Å². The number of hydrogen-bond acceptors (Lipinski definition) is 5. The van der Waals surface area contributed by atoms with Crippen LogP contribution >= 0.6 is 11.8 Å². The lowest BCUT2D eigenvalue weighted by atomic mass is 10.1. The van der Waals surface area contributed by atoms with Crippen LogP contribution in [0.25, 0.3) is 5.65 Å². The minimum atomic E-state index is -0.757. The van der Waals surface area contributed by atoms with Crippen LogP contribution in [0.15, 0.2) is 18.3 Å². The van der Waals surface area contributed by atoms with E-state index in [9.17, 15) is 5.11 Å². The Morgan fingerprint density at radius 3 is 3.00 bits per heavy atom. The molecule has 98 valence electrons. The van der Waals surface area contributed by atoms with Crippen molar-refractivity contribution in [2.24, 2.45) is 0 Å². The fraction of sp³-hybridized carbons (Fsp3) is 0.500. The molecule has 0 fully saturated rings. The van der Waals surface area contributed by atoms with E-state index in [2.05, 4.69) is 15.4 Å². The molecule has 5 nitrogen and oxygen atoms in total. The van der Waals surface area contributed by atoms with Gasteiger partial charge in [-0.05, 0) is 31.7 Å². The van der Waals surface area contributed by atoms with Gasteiger partial charge in [0.15, 0.2) is 5.65 Å². The van der Waals surface area contributed by atoms with Crippen molar-refractivity contribution < 1.29 is 5.11 Å². The zero-order valence-corrected chi connectivity index (χ0v) is 11.7. The maximum atomic E-state index is 10.0. The van der Waals surface area contributed by atoms with Gasteiger partial charge < -0.3 is 10.4 Å². The third kappa shape index (κ3) is 3.14. The molecule has 2 N–H and O–H groups in total. The lowest BCUT2D eigenvalue weighted by Gasteiger charge is -2.21.